The van der Waals surface area contributed by atoms with Crippen LogP contribution in [0, 0.1) is 0 Å². The van der Waals surface area contributed by atoms with Gasteiger partial charge in [0.25, 0.3) is 10.0 Å². The SMILES string of the molecule is O=S1(=O)CCCC(NS(=O)(=O)c2sccc2Br)C1. The van der Waals surface area contributed by atoms with Crippen LogP contribution in [-0.2, 0) is 19.9 Å². The van der Waals surface area contributed by atoms with Gasteiger partial charge in [-0.15, -0.1) is 11.3 Å². The van der Waals surface area contributed by atoms with E-state index in [0.717, 1.165) is 11.3 Å². The highest BCUT2D eigenvalue weighted by Gasteiger charge is 2.29. The summed E-state index contributed by atoms with van der Waals surface area (Å²) >= 11 is 4.26. The summed E-state index contributed by atoms with van der Waals surface area (Å²) in [7, 11) is -6.76. The molecule has 9 heteroatoms. The van der Waals surface area contributed by atoms with Crippen molar-refractivity contribution in [3.05, 3.63) is 15.9 Å². The number of halogens is 1. The zero-order valence-electron chi connectivity index (χ0n) is 9.30. The van der Waals surface area contributed by atoms with Gasteiger partial charge in [-0.05, 0) is 40.2 Å². The second kappa shape index (κ2) is 5.20. The van der Waals surface area contributed by atoms with Gasteiger partial charge in [-0.1, -0.05) is 0 Å². The third-order valence-corrected chi connectivity index (χ3v) is 8.62. The first-order valence-corrected chi connectivity index (χ1v) is 10.2. The molecular formula is C9H12BrNO4S3. The fraction of sp³-hybridized carbons (Fsp3) is 0.556. The molecule has 1 aromatic heterocycles. The molecule has 0 aliphatic carbocycles. The maximum Gasteiger partial charge on any atom is 0.251 e. The van der Waals surface area contributed by atoms with Crippen LogP contribution < -0.4 is 4.72 Å². The van der Waals surface area contributed by atoms with E-state index < -0.39 is 25.9 Å². The molecule has 2 rings (SSSR count). The number of sulfonamides is 1. The van der Waals surface area contributed by atoms with Crippen LogP contribution >= 0.6 is 27.3 Å². The second-order valence-corrected chi connectivity index (χ2v) is 10.0. The van der Waals surface area contributed by atoms with E-state index in [0.29, 0.717) is 17.3 Å². The lowest BCUT2D eigenvalue weighted by Gasteiger charge is -2.22. The fourth-order valence-electron chi connectivity index (χ4n) is 1.86. The van der Waals surface area contributed by atoms with Crippen molar-refractivity contribution in [1.29, 1.82) is 0 Å². The Kier molecular flexibility index (Phi) is 4.17. The standard InChI is InChI=1S/C9H12BrNO4S3/c10-8-3-4-16-9(8)18(14,15)11-7-2-1-5-17(12,13)6-7/h3-4,7,11H,1-2,5-6H2. The molecule has 2 heterocycles. The number of rotatable bonds is 3. The summed E-state index contributed by atoms with van der Waals surface area (Å²) < 4.78 is 50.2. The highest BCUT2D eigenvalue weighted by atomic mass is 79.9. The Hall–Kier alpha value is 0.0400. The smallest absolute Gasteiger partial charge is 0.229 e. The van der Waals surface area contributed by atoms with Crippen LogP contribution in [0.5, 0.6) is 0 Å². The minimum absolute atomic E-state index is 0.116. The van der Waals surface area contributed by atoms with Crippen LogP contribution in [0.15, 0.2) is 20.1 Å². The number of thiophene rings is 1. The van der Waals surface area contributed by atoms with Crippen molar-refractivity contribution < 1.29 is 16.8 Å². The molecule has 0 saturated carbocycles. The van der Waals surface area contributed by atoms with Gasteiger partial charge >= 0.3 is 0 Å². The Morgan fingerprint density at radius 1 is 1.44 bits per heavy atom. The van der Waals surface area contributed by atoms with Gasteiger partial charge in [0.1, 0.15) is 4.21 Å². The third-order valence-electron chi connectivity index (χ3n) is 2.61. The van der Waals surface area contributed by atoms with Gasteiger partial charge in [0, 0.05) is 10.5 Å². The molecule has 0 bridgehead atoms. The Balaban J connectivity index is 2.17. The zero-order chi connectivity index (χ0) is 13.4. The predicted octanol–water partition coefficient (Wildman–Crippen LogP) is 1.37. The molecule has 18 heavy (non-hydrogen) atoms. The number of hydrogen-bond acceptors (Lipinski definition) is 5. The Labute approximate surface area is 119 Å². The zero-order valence-corrected chi connectivity index (χ0v) is 13.3. The van der Waals surface area contributed by atoms with Crippen molar-refractivity contribution in [2.24, 2.45) is 0 Å². The van der Waals surface area contributed by atoms with E-state index in [1.165, 1.54) is 0 Å². The van der Waals surface area contributed by atoms with Crippen LogP contribution in [0.3, 0.4) is 0 Å². The van der Waals surface area contributed by atoms with Gasteiger partial charge in [0.05, 0.1) is 11.5 Å². The Morgan fingerprint density at radius 3 is 2.72 bits per heavy atom. The molecule has 1 aliphatic heterocycles. The lowest BCUT2D eigenvalue weighted by atomic mass is 10.2. The highest BCUT2D eigenvalue weighted by molar-refractivity contribution is 9.10. The first-order valence-electron chi connectivity index (χ1n) is 5.26. The average molecular weight is 374 g/mol. The second-order valence-electron chi connectivity index (χ2n) is 4.13. The molecule has 0 radical (unpaired) electrons. The minimum Gasteiger partial charge on any atom is -0.229 e. The lowest BCUT2D eigenvalue weighted by Crippen LogP contribution is -2.42. The van der Waals surface area contributed by atoms with Crippen molar-refractivity contribution in [2.45, 2.75) is 23.1 Å². The number of sulfone groups is 1. The normalized spacial score (nSPS) is 23.9. The van der Waals surface area contributed by atoms with Crippen LogP contribution in [0.1, 0.15) is 12.8 Å². The first kappa shape index (κ1) is 14.4. The summed E-state index contributed by atoms with van der Waals surface area (Å²) in [5.41, 5.74) is 0. The summed E-state index contributed by atoms with van der Waals surface area (Å²) in [6, 6.07) is 1.12. The van der Waals surface area contributed by atoms with E-state index in [-0.39, 0.29) is 15.7 Å². The van der Waals surface area contributed by atoms with Crippen molar-refractivity contribution in [1.82, 2.24) is 4.72 Å². The van der Waals surface area contributed by atoms with Gasteiger partial charge in [-0.3, -0.25) is 0 Å². The largest absolute Gasteiger partial charge is 0.251 e. The summed E-state index contributed by atoms with van der Waals surface area (Å²) in [4.78, 5) is 0. The average Bonchev–Trinajstić information content (AvgIpc) is 2.62. The fourth-order valence-corrected chi connectivity index (χ4v) is 7.23. The van der Waals surface area contributed by atoms with E-state index in [9.17, 15) is 16.8 Å². The summed E-state index contributed by atoms with van der Waals surface area (Å²) in [5.74, 6) is 0.0309. The quantitative estimate of drug-likeness (QED) is 0.867. The molecule has 1 unspecified atom stereocenters. The van der Waals surface area contributed by atoms with Crippen LogP contribution in [0.4, 0.5) is 0 Å². The molecule has 1 aromatic rings. The molecule has 5 nitrogen and oxygen atoms in total. The lowest BCUT2D eigenvalue weighted by molar-refractivity contribution is 0.518. The molecule has 1 N–H and O–H groups in total. The molecule has 1 saturated heterocycles. The van der Waals surface area contributed by atoms with Gasteiger partial charge < -0.3 is 0 Å². The molecule has 102 valence electrons. The van der Waals surface area contributed by atoms with Crippen LogP contribution in [-0.4, -0.2) is 34.4 Å². The topological polar surface area (TPSA) is 80.3 Å². The van der Waals surface area contributed by atoms with Gasteiger partial charge in [0.15, 0.2) is 9.84 Å². The molecular weight excluding hydrogens is 362 g/mol. The predicted molar refractivity (Wildman–Crippen MR) is 74.0 cm³/mol. The molecule has 0 amide bonds. The minimum atomic E-state index is -3.64. The molecule has 1 atom stereocenters. The van der Waals surface area contributed by atoms with E-state index in [1.807, 2.05) is 0 Å². The molecule has 0 spiro atoms. The molecule has 0 aromatic carbocycles. The third kappa shape index (κ3) is 3.32. The van der Waals surface area contributed by atoms with Crippen molar-refractivity contribution in [2.75, 3.05) is 11.5 Å². The van der Waals surface area contributed by atoms with E-state index in [4.69, 9.17) is 0 Å². The van der Waals surface area contributed by atoms with Crippen molar-refractivity contribution in [3.63, 3.8) is 0 Å². The van der Waals surface area contributed by atoms with Gasteiger partial charge in [-0.25, -0.2) is 21.6 Å². The number of nitrogens with one attached hydrogen (secondary N) is 1. The van der Waals surface area contributed by atoms with Gasteiger partial charge in [-0.2, -0.15) is 0 Å². The van der Waals surface area contributed by atoms with E-state index >= 15 is 0 Å². The summed E-state index contributed by atoms with van der Waals surface area (Å²) in [6.07, 6.45) is 1.06. The maximum atomic E-state index is 12.1. The summed E-state index contributed by atoms with van der Waals surface area (Å²) in [6.45, 7) is 0. The highest BCUT2D eigenvalue weighted by Crippen LogP contribution is 2.28. The van der Waals surface area contributed by atoms with Crippen LogP contribution in [0.2, 0.25) is 0 Å². The first-order chi connectivity index (χ1) is 8.30. The van der Waals surface area contributed by atoms with Gasteiger partial charge in [0.2, 0.25) is 0 Å². The van der Waals surface area contributed by atoms with Crippen molar-refractivity contribution >= 4 is 47.1 Å². The van der Waals surface area contributed by atoms with Crippen LogP contribution in [0.25, 0.3) is 0 Å². The maximum absolute atomic E-state index is 12.1. The number of hydrogen-bond donors (Lipinski definition) is 1. The van der Waals surface area contributed by atoms with E-state index in [1.54, 1.807) is 11.4 Å². The monoisotopic (exact) mass is 373 g/mol. The molecule has 1 fully saturated rings. The molecule has 1 aliphatic rings. The van der Waals surface area contributed by atoms with Crippen molar-refractivity contribution in [3.8, 4) is 0 Å². The van der Waals surface area contributed by atoms with E-state index in [2.05, 4.69) is 20.7 Å². The summed E-state index contributed by atoms with van der Waals surface area (Å²) in [5, 5.41) is 1.66. The Morgan fingerprint density at radius 2 is 2.17 bits per heavy atom. The Bertz CT molecular complexity index is 635.